The fourth-order valence-corrected chi connectivity index (χ4v) is 1.66. The molecule has 0 saturated heterocycles. The van der Waals surface area contributed by atoms with Crippen molar-refractivity contribution in [3.05, 3.63) is 27.7 Å². The van der Waals surface area contributed by atoms with E-state index in [9.17, 15) is 0 Å². The number of nitrogens with one attached hydrogen (secondary N) is 1. The molecule has 0 aromatic heterocycles. The lowest BCUT2D eigenvalue weighted by Crippen LogP contribution is -2.22. The number of hydrogen-bond donors (Lipinski definition) is 2. The third-order valence-corrected chi connectivity index (χ3v) is 2.33. The molecular weight excluding hydrogens is 265 g/mol. The van der Waals surface area contributed by atoms with Gasteiger partial charge in [-0.3, -0.25) is 4.99 Å². The van der Waals surface area contributed by atoms with E-state index in [2.05, 4.69) is 26.2 Å². The predicted octanol–water partition coefficient (Wildman–Crippen LogP) is 2.85. The van der Waals surface area contributed by atoms with Gasteiger partial charge in [-0.05, 0) is 25.1 Å². The number of anilines is 1. The summed E-state index contributed by atoms with van der Waals surface area (Å²) in [5.74, 6) is 0.372. The van der Waals surface area contributed by atoms with Crippen LogP contribution in [0.5, 0.6) is 0 Å². The van der Waals surface area contributed by atoms with Crippen molar-refractivity contribution in [1.29, 1.82) is 0 Å². The van der Waals surface area contributed by atoms with E-state index in [4.69, 9.17) is 17.3 Å². The minimum Gasteiger partial charge on any atom is -0.370 e. The van der Waals surface area contributed by atoms with Crippen molar-refractivity contribution >= 4 is 39.2 Å². The van der Waals surface area contributed by atoms with Gasteiger partial charge in [-0.1, -0.05) is 27.5 Å². The molecule has 0 aliphatic rings. The van der Waals surface area contributed by atoms with Crippen LogP contribution in [0.15, 0.2) is 27.7 Å². The van der Waals surface area contributed by atoms with Gasteiger partial charge in [-0.15, -0.1) is 0 Å². The first-order valence-electron chi connectivity index (χ1n) is 4.15. The van der Waals surface area contributed by atoms with Crippen LogP contribution in [0.25, 0.3) is 0 Å². The number of hydrogen-bond acceptors (Lipinski definition) is 1. The zero-order chi connectivity index (χ0) is 10.6. The molecule has 76 valence electrons. The number of nitrogens with two attached hydrogens (primary N) is 1. The van der Waals surface area contributed by atoms with Gasteiger partial charge in [0.25, 0.3) is 0 Å². The lowest BCUT2D eigenvalue weighted by Gasteiger charge is -2.07. The molecular formula is C9H11BrClN3. The van der Waals surface area contributed by atoms with Crippen LogP contribution < -0.4 is 11.1 Å². The molecule has 0 heterocycles. The first-order valence-corrected chi connectivity index (χ1v) is 5.32. The molecule has 0 spiro atoms. The van der Waals surface area contributed by atoms with Crippen LogP contribution in [-0.4, -0.2) is 12.5 Å². The Labute approximate surface area is 96.5 Å². The summed E-state index contributed by atoms with van der Waals surface area (Å²) in [6.07, 6.45) is 0. The van der Waals surface area contributed by atoms with Gasteiger partial charge in [-0.25, -0.2) is 0 Å². The molecule has 0 bridgehead atoms. The summed E-state index contributed by atoms with van der Waals surface area (Å²) in [6, 6.07) is 5.51. The highest BCUT2D eigenvalue weighted by atomic mass is 79.9. The Morgan fingerprint density at radius 1 is 1.64 bits per heavy atom. The SMILES string of the molecule is CCN=C(N)Nc1ccc(Br)cc1Cl. The predicted molar refractivity (Wildman–Crippen MR) is 64.9 cm³/mol. The summed E-state index contributed by atoms with van der Waals surface area (Å²) in [6.45, 7) is 2.56. The first kappa shape index (κ1) is 11.3. The zero-order valence-electron chi connectivity index (χ0n) is 7.72. The fraction of sp³-hybridized carbons (Fsp3) is 0.222. The molecule has 0 radical (unpaired) electrons. The van der Waals surface area contributed by atoms with Crippen LogP contribution in [0.2, 0.25) is 5.02 Å². The first-order chi connectivity index (χ1) is 6.63. The van der Waals surface area contributed by atoms with E-state index in [0.717, 1.165) is 10.2 Å². The van der Waals surface area contributed by atoms with Crippen LogP contribution >= 0.6 is 27.5 Å². The normalized spacial score (nSPS) is 11.5. The molecule has 5 heteroatoms. The van der Waals surface area contributed by atoms with E-state index >= 15 is 0 Å². The standard InChI is InChI=1S/C9H11BrClN3/c1-2-13-9(12)14-8-4-3-6(10)5-7(8)11/h3-5H,2H2,1H3,(H3,12,13,14). The number of nitrogens with zero attached hydrogens (tertiary/aromatic N) is 1. The Hall–Kier alpha value is -0.740. The van der Waals surface area contributed by atoms with Gasteiger partial charge in [-0.2, -0.15) is 0 Å². The summed E-state index contributed by atoms with van der Waals surface area (Å²) >= 11 is 9.29. The molecule has 14 heavy (non-hydrogen) atoms. The smallest absolute Gasteiger partial charge is 0.193 e. The highest BCUT2D eigenvalue weighted by molar-refractivity contribution is 9.10. The van der Waals surface area contributed by atoms with E-state index in [1.54, 1.807) is 6.07 Å². The second kappa shape index (κ2) is 5.22. The summed E-state index contributed by atoms with van der Waals surface area (Å²) in [7, 11) is 0. The molecule has 0 fully saturated rings. The highest BCUT2D eigenvalue weighted by Gasteiger charge is 2.01. The van der Waals surface area contributed by atoms with Crippen molar-refractivity contribution < 1.29 is 0 Å². The third kappa shape index (κ3) is 3.20. The topological polar surface area (TPSA) is 50.4 Å². The van der Waals surface area contributed by atoms with Crippen molar-refractivity contribution in [3.8, 4) is 0 Å². The molecule has 0 atom stereocenters. The molecule has 0 amide bonds. The van der Waals surface area contributed by atoms with Gasteiger partial charge >= 0.3 is 0 Å². The molecule has 1 aromatic carbocycles. The zero-order valence-corrected chi connectivity index (χ0v) is 10.1. The van der Waals surface area contributed by atoms with Crippen molar-refractivity contribution in [3.63, 3.8) is 0 Å². The molecule has 0 aliphatic carbocycles. The van der Waals surface area contributed by atoms with E-state index in [-0.39, 0.29) is 0 Å². The molecule has 3 nitrogen and oxygen atoms in total. The van der Waals surface area contributed by atoms with E-state index < -0.39 is 0 Å². The Bertz CT molecular complexity index is 352. The summed E-state index contributed by atoms with van der Waals surface area (Å²) in [5.41, 5.74) is 6.35. The summed E-state index contributed by atoms with van der Waals surface area (Å²) < 4.78 is 0.930. The maximum Gasteiger partial charge on any atom is 0.193 e. The molecule has 0 saturated carbocycles. The second-order valence-electron chi connectivity index (χ2n) is 2.61. The monoisotopic (exact) mass is 275 g/mol. The van der Waals surface area contributed by atoms with Crippen LogP contribution in [-0.2, 0) is 0 Å². The van der Waals surface area contributed by atoms with Gasteiger partial charge in [0.15, 0.2) is 5.96 Å². The Kier molecular flexibility index (Phi) is 4.22. The van der Waals surface area contributed by atoms with E-state index in [0.29, 0.717) is 17.5 Å². The van der Waals surface area contributed by atoms with Gasteiger partial charge in [0.1, 0.15) is 0 Å². The number of benzene rings is 1. The minimum atomic E-state index is 0.372. The van der Waals surface area contributed by atoms with Crippen LogP contribution in [0.1, 0.15) is 6.92 Å². The Morgan fingerprint density at radius 2 is 2.36 bits per heavy atom. The maximum atomic E-state index is 5.97. The second-order valence-corrected chi connectivity index (χ2v) is 3.93. The molecule has 0 aliphatic heterocycles. The van der Waals surface area contributed by atoms with Crippen LogP contribution in [0, 0.1) is 0 Å². The van der Waals surface area contributed by atoms with Gasteiger partial charge < -0.3 is 11.1 Å². The maximum absolute atomic E-state index is 5.97. The lowest BCUT2D eigenvalue weighted by molar-refractivity contribution is 1.12. The average Bonchev–Trinajstić information content (AvgIpc) is 2.10. The van der Waals surface area contributed by atoms with E-state index in [1.165, 1.54) is 0 Å². The lowest BCUT2D eigenvalue weighted by atomic mass is 10.3. The number of rotatable bonds is 2. The average molecular weight is 277 g/mol. The Morgan fingerprint density at radius 3 is 2.93 bits per heavy atom. The highest BCUT2D eigenvalue weighted by Crippen LogP contribution is 2.25. The summed E-state index contributed by atoms with van der Waals surface area (Å²) in [5, 5.41) is 3.52. The fourth-order valence-electron chi connectivity index (χ4n) is 0.939. The van der Waals surface area contributed by atoms with Crippen LogP contribution in [0.4, 0.5) is 5.69 Å². The van der Waals surface area contributed by atoms with Crippen molar-refractivity contribution in [2.45, 2.75) is 6.92 Å². The quantitative estimate of drug-likeness (QED) is 0.644. The number of halogens is 2. The third-order valence-electron chi connectivity index (χ3n) is 1.52. The molecule has 1 aromatic rings. The van der Waals surface area contributed by atoms with Gasteiger partial charge in [0, 0.05) is 11.0 Å². The van der Waals surface area contributed by atoms with Gasteiger partial charge in [0.05, 0.1) is 10.7 Å². The Balaban J connectivity index is 2.82. The van der Waals surface area contributed by atoms with Crippen molar-refractivity contribution in [1.82, 2.24) is 0 Å². The van der Waals surface area contributed by atoms with Crippen molar-refractivity contribution in [2.75, 3.05) is 11.9 Å². The van der Waals surface area contributed by atoms with Crippen LogP contribution in [0.3, 0.4) is 0 Å². The molecule has 1 rings (SSSR count). The summed E-state index contributed by atoms with van der Waals surface area (Å²) in [4.78, 5) is 4.00. The number of aliphatic imine (C=N–C) groups is 1. The minimum absolute atomic E-state index is 0.372. The van der Waals surface area contributed by atoms with Crippen molar-refractivity contribution in [2.24, 2.45) is 10.7 Å². The number of guanidine groups is 1. The van der Waals surface area contributed by atoms with Gasteiger partial charge in [0.2, 0.25) is 0 Å². The molecule has 0 unspecified atom stereocenters. The molecule has 3 N–H and O–H groups in total. The largest absolute Gasteiger partial charge is 0.370 e. The van der Waals surface area contributed by atoms with E-state index in [1.807, 2.05) is 19.1 Å².